The van der Waals surface area contributed by atoms with Gasteiger partial charge in [-0.05, 0) is 47.5 Å². The molecule has 1 fully saturated rings. The molecular formula is C25H18O4. The summed E-state index contributed by atoms with van der Waals surface area (Å²) in [5.41, 5.74) is 0.199. The third-order valence-corrected chi connectivity index (χ3v) is 5.59. The zero-order valence-corrected chi connectivity index (χ0v) is 15.4. The molecule has 1 saturated heterocycles. The predicted molar refractivity (Wildman–Crippen MR) is 110 cm³/mol. The number of aromatic hydroxyl groups is 1. The molecule has 3 aromatic carbocycles. The van der Waals surface area contributed by atoms with Gasteiger partial charge in [0.1, 0.15) is 11.5 Å². The summed E-state index contributed by atoms with van der Waals surface area (Å²) in [5, 5.41) is 20.4. The number of phenols is 1. The molecule has 0 radical (unpaired) electrons. The third-order valence-electron chi connectivity index (χ3n) is 5.59. The average molecular weight is 382 g/mol. The van der Waals surface area contributed by atoms with Gasteiger partial charge >= 0.3 is 0 Å². The van der Waals surface area contributed by atoms with E-state index in [2.05, 4.69) is 0 Å². The maximum absolute atomic E-state index is 13.6. The number of carbonyl (C=O) groups is 1. The molecule has 2 atom stereocenters. The molecule has 0 saturated carbocycles. The molecule has 1 heterocycles. The van der Waals surface area contributed by atoms with Gasteiger partial charge in [0, 0.05) is 11.1 Å². The van der Waals surface area contributed by atoms with E-state index in [1.807, 2.05) is 60.7 Å². The number of aliphatic hydroxyl groups is 1. The van der Waals surface area contributed by atoms with Gasteiger partial charge in [-0.2, -0.15) is 0 Å². The summed E-state index contributed by atoms with van der Waals surface area (Å²) in [5.74, 6) is -0.0583. The summed E-state index contributed by atoms with van der Waals surface area (Å²) >= 11 is 0. The fourth-order valence-electron chi connectivity index (χ4n) is 4.22. The lowest BCUT2D eigenvalue weighted by Crippen LogP contribution is -2.34. The van der Waals surface area contributed by atoms with Crippen LogP contribution in [0.25, 0.3) is 5.57 Å². The molecule has 0 aromatic heterocycles. The topological polar surface area (TPSA) is 70.1 Å². The van der Waals surface area contributed by atoms with E-state index >= 15 is 0 Å². The van der Waals surface area contributed by atoms with Crippen LogP contribution in [0.4, 0.5) is 0 Å². The first-order chi connectivity index (χ1) is 14.1. The zero-order valence-electron chi connectivity index (χ0n) is 15.4. The fraction of sp³-hybridized carbons (Fsp3) is 0.0800. The van der Waals surface area contributed by atoms with Crippen molar-refractivity contribution in [3.8, 4) is 5.75 Å². The molecule has 1 aliphatic carbocycles. The summed E-state index contributed by atoms with van der Waals surface area (Å²) < 4.78 is 6.31. The van der Waals surface area contributed by atoms with Gasteiger partial charge in [0.05, 0.1) is 0 Å². The lowest BCUT2D eigenvalue weighted by Gasteiger charge is -2.25. The molecule has 0 amide bonds. The molecule has 29 heavy (non-hydrogen) atoms. The first-order valence-corrected chi connectivity index (χ1v) is 9.36. The monoisotopic (exact) mass is 382 g/mol. The number of ketones is 1. The van der Waals surface area contributed by atoms with E-state index in [0.29, 0.717) is 11.1 Å². The molecule has 4 nitrogen and oxygen atoms in total. The first kappa shape index (κ1) is 17.5. The van der Waals surface area contributed by atoms with Crippen LogP contribution in [0.3, 0.4) is 0 Å². The quantitative estimate of drug-likeness (QED) is 0.503. The van der Waals surface area contributed by atoms with Crippen molar-refractivity contribution < 1.29 is 19.7 Å². The van der Waals surface area contributed by atoms with Crippen LogP contribution < -0.4 is 0 Å². The number of carbonyl (C=O) groups excluding carboxylic acids is 1. The van der Waals surface area contributed by atoms with Crippen LogP contribution in [-0.2, 0) is 10.3 Å². The van der Waals surface area contributed by atoms with Crippen molar-refractivity contribution in [3.63, 3.8) is 0 Å². The molecule has 142 valence electrons. The molecule has 1 aliphatic heterocycles. The minimum absolute atomic E-state index is 0.0756. The number of ether oxygens (including phenoxy) is 1. The maximum atomic E-state index is 13.6. The number of benzene rings is 3. The number of rotatable bonds is 4. The summed E-state index contributed by atoms with van der Waals surface area (Å²) in [7, 11) is 0. The normalized spacial score (nSPS) is 24.8. The summed E-state index contributed by atoms with van der Waals surface area (Å²) in [6.07, 6.45) is 3.17. The molecule has 0 bridgehead atoms. The van der Waals surface area contributed by atoms with Crippen LogP contribution in [0.5, 0.6) is 5.75 Å². The van der Waals surface area contributed by atoms with E-state index in [-0.39, 0.29) is 17.3 Å². The molecule has 2 aliphatic rings. The Labute approximate surface area is 168 Å². The third kappa shape index (κ3) is 2.39. The number of phenolic OH excluding ortho intramolecular Hbond substituents is 1. The van der Waals surface area contributed by atoms with Crippen LogP contribution in [0.15, 0.2) is 103 Å². The Morgan fingerprint density at radius 3 is 2.07 bits per heavy atom. The number of allylic oxidation sites excluding steroid dienone is 1. The highest BCUT2D eigenvalue weighted by atomic mass is 16.6. The summed E-state index contributed by atoms with van der Waals surface area (Å²) in [4.78, 5) is 13.6. The second-order valence-corrected chi connectivity index (χ2v) is 7.22. The molecule has 0 spiro atoms. The maximum Gasteiger partial charge on any atom is 0.202 e. The highest BCUT2D eigenvalue weighted by molar-refractivity contribution is 6.11. The smallest absolute Gasteiger partial charge is 0.202 e. The molecule has 5 rings (SSSR count). The van der Waals surface area contributed by atoms with E-state index in [1.165, 1.54) is 18.2 Å². The highest BCUT2D eigenvalue weighted by Crippen LogP contribution is 2.67. The van der Waals surface area contributed by atoms with Crippen molar-refractivity contribution in [1.82, 2.24) is 0 Å². The van der Waals surface area contributed by atoms with Gasteiger partial charge in [-0.15, -0.1) is 0 Å². The second kappa shape index (κ2) is 6.19. The van der Waals surface area contributed by atoms with Gasteiger partial charge < -0.3 is 14.9 Å². The van der Waals surface area contributed by atoms with Crippen molar-refractivity contribution in [1.29, 1.82) is 0 Å². The first-order valence-electron chi connectivity index (χ1n) is 9.36. The van der Waals surface area contributed by atoms with Gasteiger partial charge in [0.2, 0.25) is 5.78 Å². The number of hydrogen-bond acceptors (Lipinski definition) is 4. The predicted octanol–water partition coefficient (Wildman–Crippen LogP) is 4.78. The standard InChI is InChI=1S/C25H18O4/c26-20-13-11-18(12-14-20)23(28)24-16-15-21(27)22(17-7-3-1-4-8-17)25(24,29-24)19-9-5-2-6-10-19/h1-16,26-27H. The van der Waals surface area contributed by atoms with Gasteiger partial charge in [-0.25, -0.2) is 0 Å². The fourth-order valence-corrected chi connectivity index (χ4v) is 4.22. The van der Waals surface area contributed by atoms with Crippen LogP contribution in [0.2, 0.25) is 0 Å². The highest BCUT2D eigenvalue weighted by Gasteiger charge is 2.77. The van der Waals surface area contributed by atoms with Crippen molar-refractivity contribution in [2.75, 3.05) is 0 Å². The number of aliphatic hydroxyl groups excluding tert-OH is 1. The van der Waals surface area contributed by atoms with Crippen LogP contribution in [-0.4, -0.2) is 21.6 Å². The molecule has 2 N–H and O–H groups in total. The zero-order chi connectivity index (χ0) is 20.1. The van der Waals surface area contributed by atoms with Gasteiger partial charge in [0.15, 0.2) is 11.2 Å². The lowest BCUT2D eigenvalue weighted by molar-refractivity contribution is 0.0909. The van der Waals surface area contributed by atoms with Crippen LogP contribution >= 0.6 is 0 Å². The van der Waals surface area contributed by atoms with Crippen molar-refractivity contribution in [3.05, 3.63) is 120 Å². The SMILES string of the molecule is O=C(c1ccc(O)cc1)C12C=CC(O)=C(c3ccccc3)C1(c1ccccc1)O2. The minimum Gasteiger partial charge on any atom is -0.508 e. The Morgan fingerprint density at radius 1 is 0.793 bits per heavy atom. The Morgan fingerprint density at radius 2 is 1.41 bits per heavy atom. The molecule has 2 unspecified atom stereocenters. The van der Waals surface area contributed by atoms with Crippen molar-refractivity contribution in [2.24, 2.45) is 0 Å². The Hall–Kier alpha value is -3.63. The van der Waals surface area contributed by atoms with Gasteiger partial charge in [-0.3, -0.25) is 4.79 Å². The minimum atomic E-state index is -1.26. The summed E-state index contributed by atoms with van der Waals surface area (Å²) in [6, 6.07) is 25.1. The second-order valence-electron chi connectivity index (χ2n) is 7.22. The molecule has 4 heteroatoms. The van der Waals surface area contributed by atoms with Crippen LogP contribution in [0.1, 0.15) is 21.5 Å². The largest absolute Gasteiger partial charge is 0.508 e. The van der Waals surface area contributed by atoms with Gasteiger partial charge in [0.25, 0.3) is 0 Å². The van der Waals surface area contributed by atoms with Crippen LogP contribution in [0, 0.1) is 0 Å². The van der Waals surface area contributed by atoms with E-state index in [1.54, 1.807) is 18.2 Å². The van der Waals surface area contributed by atoms with E-state index in [0.717, 1.165) is 11.1 Å². The number of fused-ring (bicyclic) bond motifs is 1. The molecule has 3 aromatic rings. The van der Waals surface area contributed by atoms with Gasteiger partial charge in [-0.1, -0.05) is 60.7 Å². The van der Waals surface area contributed by atoms with Crippen molar-refractivity contribution in [2.45, 2.75) is 11.2 Å². The Kier molecular flexibility index (Phi) is 3.73. The van der Waals surface area contributed by atoms with Crippen molar-refractivity contribution >= 4 is 11.4 Å². The lowest BCUT2D eigenvalue weighted by atomic mass is 9.72. The Bertz CT molecular complexity index is 1150. The average Bonchev–Trinajstić information content (AvgIpc) is 3.47. The number of epoxide rings is 1. The van der Waals surface area contributed by atoms with E-state index in [9.17, 15) is 15.0 Å². The van der Waals surface area contributed by atoms with E-state index in [4.69, 9.17) is 4.74 Å². The summed E-state index contributed by atoms with van der Waals surface area (Å²) in [6.45, 7) is 0. The Balaban J connectivity index is 1.72. The number of Topliss-reactive ketones (excluding diaryl/α,β-unsaturated/α-hetero) is 1. The number of hydrogen-bond donors (Lipinski definition) is 2. The van der Waals surface area contributed by atoms with E-state index < -0.39 is 11.2 Å². The molecular weight excluding hydrogens is 364 g/mol.